The van der Waals surface area contributed by atoms with Gasteiger partial charge in [0.05, 0.1) is 21.4 Å². The Morgan fingerprint density at radius 2 is 1.88 bits per heavy atom. The summed E-state index contributed by atoms with van der Waals surface area (Å²) in [6, 6.07) is 5.21. The first-order valence-corrected chi connectivity index (χ1v) is 11.5. The van der Waals surface area contributed by atoms with Crippen molar-refractivity contribution in [3.63, 3.8) is 0 Å². The van der Waals surface area contributed by atoms with Crippen LogP contribution in [0.25, 0.3) is 0 Å². The van der Waals surface area contributed by atoms with Gasteiger partial charge in [-0.05, 0) is 43.0 Å². The van der Waals surface area contributed by atoms with Crippen LogP contribution in [0.1, 0.15) is 28.8 Å². The molecule has 1 aromatic carbocycles. The van der Waals surface area contributed by atoms with E-state index in [1.165, 1.54) is 17.0 Å². The molecule has 2 fully saturated rings. The maximum absolute atomic E-state index is 13.7. The van der Waals surface area contributed by atoms with E-state index in [-0.39, 0.29) is 29.4 Å². The Hall–Kier alpha value is -2.87. The Labute approximate surface area is 190 Å². The number of anilines is 2. The molecule has 7 nitrogen and oxygen atoms in total. The zero-order chi connectivity index (χ0) is 25.1. The van der Waals surface area contributed by atoms with Crippen LogP contribution in [0.4, 0.5) is 37.8 Å². The number of benzene rings is 1. The van der Waals surface area contributed by atoms with Crippen molar-refractivity contribution in [2.45, 2.75) is 30.1 Å². The molecule has 1 aromatic heterocycles. The van der Waals surface area contributed by atoms with E-state index in [2.05, 4.69) is 10.3 Å². The van der Waals surface area contributed by atoms with Gasteiger partial charge in [-0.1, -0.05) is 6.07 Å². The van der Waals surface area contributed by atoms with Gasteiger partial charge in [-0.3, -0.25) is 4.79 Å². The van der Waals surface area contributed by atoms with E-state index in [0.717, 1.165) is 12.1 Å². The zero-order valence-corrected chi connectivity index (χ0v) is 18.1. The van der Waals surface area contributed by atoms with Crippen molar-refractivity contribution in [1.29, 1.82) is 0 Å². The van der Waals surface area contributed by atoms with Crippen LogP contribution < -0.4 is 15.4 Å². The number of halogens is 6. The van der Waals surface area contributed by atoms with Gasteiger partial charge in [0.15, 0.2) is 0 Å². The number of alkyl halides is 6. The smallest absolute Gasteiger partial charge is 0.355 e. The molecule has 1 aliphatic carbocycles. The van der Waals surface area contributed by atoms with Gasteiger partial charge in [-0.2, -0.15) is 26.3 Å². The SMILES string of the molecule is NS(=O)(=O)c1cccc(NC(=O)c2cc(C(F)(F)F)cnc2N2C[C@@H]3CC[C@]3(C(F)(F)F)C2)c1. The molecule has 3 N–H and O–H groups in total. The molecule has 1 saturated heterocycles. The summed E-state index contributed by atoms with van der Waals surface area (Å²) in [6.45, 7) is -0.639. The van der Waals surface area contributed by atoms with Gasteiger partial charge in [0.2, 0.25) is 10.0 Å². The Morgan fingerprint density at radius 1 is 1.18 bits per heavy atom. The van der Waals surface area contributed by atoms with E-state index >= 15 is 0 Å². The third-order valence-electron chi connectivity index (χ3n) is 6.36. The maximum atomic E-state index is 13.7. The fourth-order valence-corrected chi connectivity index (χ4v) is 5.01. The fourth-order valence-electron chi connectivity index (χ4n) is 4.45. The summed E-state index contributed by atoms with van der Waals surface area (Å²) in [6.07, 6.45) is -8.70. The summed E-state index contributed by atoms with van der Waals surface area (Å²) in [5.41, 5.74) is -3.93. The van der Waals surface area contributed by atoms with Crippen molar-refractivity contribution in [2.24, 2.45) is 16.5 Å². The molecule has 1 aliphatic heterocycles. The van der Waals surface area contributed by atoms with Gasteiger partial charge in [0.1, 0.15) is 5.82 Å². The molecule has 14 heteroatoms. The third kappa shape index (κ3) is 4.19. The van der Waals surface area contributed by atoms with Crippen LogP contribution in [0.5, 0.6) is 0 Å². The molecule has 2 aromatic rings. The molecule has 1 amide bonds. The van der Waals surface area contributed by atoms with Gasteiger partial charge in [0, 0.05) is 25.0 Å². The molecular formula is C20H18F6N4O3S. The van der Waals surface area contributed by atoms with Crippen molar-refractivity contribution >= 4 is 27.4 Å². The van der Waals surface area contributed by atoms with Crippen LogP contribution in [-0.4, -0.2) is 38.6 Å². The molecule has 184 valence electrons. The summed E-state index contributed by atoms with van der Waals surface area (Å²) in [5.74, 6) is -2.16. The molecule has 0 unspecified atom stereocenters. The van der Waals surface area contributed by atoms with Crippen molar-refractivity contribution < 1.29 is 39.6 Å². The molecule has 4 rings (SSSR count). The molecule has 2 heterocycles. The topological polar surface area (TPSA) is 105 Å². The second-order valence-electron chi connectivity index (χ2n) is 8.39. The van der Waals surface area contributed by atoms with Gasteiger partial charge < -0.3 is 10.2 Å². The average Bonchev–Trinajstić information content (AvgIpc) is 2.97. The quantitative estimate of drug-likeness (QED) is 0.612. The number of hydrogen-bond acceptors (Lipinski definition) is 5. The standard InChI is InChI=1S/C20H18F6N4O3S/c21-19(22,23)12-6-15(17(31)29-13-2-1-3-14(7-13)34(27,32)33)16(28-8-12)30-9-11-4-5-18(11,10-30)20(24,25)26/h1-3,6-8,11H,4-5,9-10H2,(H,29,31)(H2,27,32,33)/t11-,18-/m0/s1. The van der Waals surface area contributed by atoms with Gasteiger partial charge in [0.25, 0.3) is 5.91 Å². The van der Waals surface area contributed by atoms with Gasteiger partial charge >= 0.3 is 12.4 Å². The second-order valence-corrected chi connectivity index (χ2v) is 9.95. The van der Waals surface area contributed by atoms with E-state index in [1.54, 1.807) is 0 Å². The number of hydrogen-bond donors (Lipinski definition) is 2. The highest BCUT2D eigenvalue weighted by Crippen LogP contribution is 2.61. The molecule has 0 spiro atoms. The lowest BCUT2D eigenvalue weighted by Gasteiger charge is -2.44. The fraction of sp³-hybridized carbons (Fsp3) is 0.400. The number of nitrogens with one attached hydrogen (secondary N) is 1. The van der Waals surface area contributed by atoms with E-state index < -0.39 is 57.3 Å². The van der Waals surface area contributed by atoms with Crippen molar-refractivity contribution in [3.8, 4) is 0 Å². The van der Waals surface area contributed by atoms with Gasteiger partial charge in [-0.15, -0.1) is 0 Å². The first kappa shape index (κ1) is 24.3. The number of aromatic nitrogens is 1. The third-order valence-corrected chi connectivity index (χ3v) is 7.27. The normalized spacial score (nSPS) is 22.8. The highest BCUT2D eigenvalue weighted by Gasteiger charge is 2.67. The first-order chi connectivity index (χ1) is 15.6. The summed E-state index contributed by atoms with van der Waals surface area (Å²) in [4.78, 5) is 17.5. The minimum absolute atomic E-state index is 0.0897. The van der Waals surface area contributed by atoms with Crippen molar-refractivity contribution in [3.05, 3.63) is 47.7 Å². The van der Waals surface area contributed by atoms with E-state index in [9.17, 15) is 39.6 Å². The number of carbonyl (C=O) groups is 1. The number of sulfonamides is 1. The lowest BCUT2D eigenvalue weighted by atomic mass is 9.61. The van der Waals surface area contributed by atoms with Gasteiger partial charge in [-0.25, -0.2) is 18.5 Å². The molecule has 2 atom stereocenters. The minimum Gasteiger partial charge on any atom is -0.355 e. The van der Waals surface area contributed by atoms with Crippen LogP contribution in [0.15, 0.2) is 41.4 Å². The van der Waals surface area contributed by atoms with Crippen molar-refractivity contribution in [1.82, 2.24) is 4.98 Å². The molecular weight excluding hydrogens is 490 g/mol. The van der Waals surface area contributed by atoms with Crippen LogP contribution in [0.3, 0.4) is 0 Å². The highest BCUT2D eigenvalue weighted by atomic mass is 32.2. The lowest BCUT2D eigenvalue weighted by Crippen LogP contribution is -2.51. The zero-order valence-electron chi connectivity index (χ0n) is 17.2. The number of rotatable bonds is 4. The van der Waals surface area contributed by atoms with Crippen LogP contribution >= 0.6 is 0 Å². The summed E-state index contributed by atoms with van der Waals surface area (Å²) >= 11 is 0. The van der Waals surface area contributed by atoms with Crippen molar-refractivity contribution in [2.75, 3.05) is 23.3 Å². The Bertz CT molecular complexity index is 1250. The predicted molar refractivity (Wildman–Crippen MR) is 108 cm³/mol. The monoisotopic (exact) mass is 508 g/mol. The molecule has 34 heavy (non-hydrogen) atoms. The number of amides is 1. The lowest BCUT2D eigenvalue weighted by molar-refractivity contribution is -0.258. The first-order valence-electron chi connectivity index (χ1n) is 9.95. The number of primary sulfonamides is 1. The largest absolute Gasteiger partial charge is 0.417 e. The molecule has 1 saturated carbocycles. The van der Waals surface area contributed by atoms with E-state index in [0.29, 0.717) is 18.7 Å². The molecule has 0 bridgehead atoms. The predicted octanol–water partition coefficient (Wildman–Crippen LogP) is 3.78. The van der Waals surface area contributed by atoms with Crippen LogP contribution in [0, 0.1) is 11.3 Å². The highest BCUT2D eigenvalue weighted by molar-refractivity contribution is 7.89. The summed E-state index contributed by atoms with van der Waals surface area (Å²) < 4.78 is 104. The minimum atomic E-state index is -4.86. The Morgan fingerprint density at radius 3 is 2.41 bits per heavy atom. The van der Waals surface area contributed by atoms with Crippen LogP contribution in [-0.2, 0) is 16.2 Å². The number of carbonyl (C=O) groups excluding carboxylic acids is 1. The van der Waals surface area contributed by atoms with E-state index in [1.807, 2.05) is 0 Å². The number of nitrogens with two attached hydrogens (primary N) is 1. The van der Waals surface area contributed by atoms with Crippen LogP contribution in [0.2, 0.25) is 0 Å². The molecule has 2 aliphatic rings. The Balaban J connectivity index is 1.71. The summed E-state index contributed by atoms with van der Waals surface area (Å²) in [7, 11) is -4.13. The Kier molecular flexibility index (Phi) is 5.59. The number of pyridine rings is 1. The maximum Gasteiger partial charge on any atom is 0.417 e. The number of fused-ring (bicyclic) bond motifs is 1. The van der Waals surface area contributed by atoms with E-state index in [4.69, 9.17) is 5.14 Å². The molecule has 0 radical (unpaired) electrons. The number of nitrogens with zero attached hydrogens (tertiary/aromatic N) is 2. The average molecular weight is 508 g/mol. The summed E-state index contributed by atoms with van der Waals surface area (Å²) in [5, 5.41) is 7.32. The second kappa shape index (κ2) is 7.83.